The second-order valence-electron chi connectivity index (χ2n) is 4.30. The van der Waals surface area contributed by atoms with E-state index in [0.29, 0.717) is 18.3 Å². The molecule has 1 aromatic rings. The zero-order valence-electron chi connectivity index (χ0n) is 10.4. The van der Waals surface area contributed by atoms with Crippen LogP contribution in [-0.2, 0) is 6.54 Å². The highest BCUT2D eigenvalue weighted by Gasteiger charge is 2.18. The van der Waals surface area contributed by atoms with Crippen LogP contribution >= 0.6 is 0 Å². The van der Waals surface area contributed by atoms with E-state index in [0.717, 1.165) is 18.0 Å². The molecule has 0 unspecified atom stereocenters. The third kappa shape index (κ3) is 2.85. The van der Waals surface area contributed by atoms with Gasteiger partial charge in [0.2, 0.25) is 11.8 Å². The van der Waals surface area contributed by atoms with Crippen LogP contribution in [0, 0.1) is 5.92 Å². The van der Waals surface area contributed by atoms with E-state index in [9.17, 15) is 0 Å². The van der Waals surface area contributed by atoms with Gasteiger partial charge in [0.05, 0.1) is 19.8 Å². The number of ether oxygens (including phenoxy) is 2. The van der Waals surface area contributed by atoms with Gasteiger partial charge in [-0.1, -0.05) is 6.42 Å². The van der Waals surface area contributed by atoms with Crippen molar-refractivity contribution in [2.24, 2.45) is 5.92 Å². The first kappa shape index (κ1) is 12.1. The van der Waals surface area contributed by atoms with Gasteiger partial charge in [-0.05, 0) is 25.3 Å². The van der Waals surface area contributed by atoms with Gasteiger partial charge in [0.25, 0.3) is 0 Å². The van der Waals surface area contributed by atoms with Gasteiger partial charge in [-0.3, -0.25) is 0 Å². The van der Waals surface area contributed by atoms with Gasteiger partial charge < -0.3 is 14.8 Å². The Morgan fingerprint density at radius 2 is 1.88 bits per heavy atom. The summed E-state index contributed by atoms with van der Waals surface area (Å²) in [5.74, 6) is 1.99. The highest BCUT2D eigenvalue weighted by Crippen LogP contribution is 2.26. The smallest absolute Gasteiger partial charge is 0.224 e. The molecule has 1 aromatic heterocycles. The van der Waals surface area contributed by atoms with Crippen LogP contribution in [0.1, 0.15) is 24.8 Å². The van der Waals surface area contributed by atoms with E-state index in [-0.39, 0.29) is 0 Å². The Morgan fingerprint density at radius 1 is 1.24 bits per heavy atom. The Kier molecular flexibility index (Phi) is 4.14. The lowest BCUT2D eigenvalue weighted by Gasteiger charge is -2.25. The van der Waals surface area contributed by atoms with Crippen LogP contribution in [0.2, 0.25) is 0 Å². The first-order chi connectivity index (χ1) is 8.35. The molecule has 1 aliphatic rings. The third-order valence-corrected chi connectivity index (χ3v) is 3.21. The molecule has 94 valence electrons. The molecule has 0 radical (unpaired) electrons. The number of hydrogen-bond donors (Lipinski definition) is 1. The average Bonchev–Trinajstić information content (AvgIpc) is 2.32. The van der Waals surface area contributed by atoms with Gasteiger partial charge >= 0.3 is 0 Å². The molecular formula is C12H19N3O2. The number of methoxy groups -OCH3 is 2. The topological polar surface area (TPSA) is 56.3 Å². The molecule has 2 rings (SSSR count). The van der Waals surface area contributed by atoms with Gasteiger partial charge in [-0.25, -0.2) is 9.97 Å². The fourth-order valence-electron chi connectivity index (χ4n) is 1.98. The van der Waals surface area contributed by atoms with Crippen LogP contribution in [0.25, 0.3) is 0 Å². The van der Waals surface area contributed by atoms with Gasteiger partial charge in [0, 0.05) is 6.54 Å². The minimum absolute atomic E-state index is 0.581. The molecule has 5 nitrogen and oxygen atoms in total. The predicted molar refractivity (Wildman–Crippen MR) is 64.2 cm³/mol. The summed E-state index contributed by atoms with van der Waals surface area (Å²) >= 11 is 0. The summed E-state index contributed by atoms with van der Waals surface area (Å²) < 4.78 is 10.4. The molecule has 0 bridgehead atoms. The standard InChI is InChI=1S/C12H19N3O2/c1-16-11-10(12(17-2)15-8-14-11)7-13-6-9-4-3-5-9/h8-9,13H,3-7H2,1-2H3. The minimum Gasteiger partial charge on any atom is -0.481 e. The average molecular weight is 237 g/mol. The monoisotopic (exact) mass is 237 g/mol. The maximum absolute atomic E-state index is 5.21. The molecule has 0 aromatic carbocycles. The lowest BCUT2D eigenvalue weighted by molar-refractivity contribution is 0.298. The van der Waals surface area contributed by atoms with Gasteiger partial charge in [-0.2, -0.15) is 0 Å². The number of aromatic nitrogens is 2. The minimum atomic E-state index is 0.581. The van der Waals surface area contributed by atoms with Crippen molar-refractivity contribution >= 4 is 0 Å². The molecule has 1 aliphatic carbocycles. The molecule has 17 heavy (non-hydrogen) atoms. The molecule has 0 saturated heterocycles. The molecule has 5 heteroatoms. The molecule has 1 N–H and O–H groups in total. The van der Waals surface area contributed by atoms with Crippen LogP contribution in [0.15, 0.2) is 6.33 Å². The summed E-state index contributed by atoms with van der Waals surface area (Å²) in [6.07, 6.45) is 5.50. The summed E-state index contributed by atoms with van der Waals surface area (Å²) in [5, 5.41) is 3.41. The van der Waals surface area contributed by atoms with Crippen LogP contribution in [0.3, 0.4) is 0 Å². The normalized spacial score (nSPS) is 15.4. The zero-order chi connectivity index (χ0) is 12.1. The fraction of sp³-hybridized carbons (Fsp3) is 0.667. The second-order valence-corrected chi connectivity index (χ2v) is 4.30. The lowest BCUT2D eigenvalue weighted by Crippen LogP contribution is -2.27. The molecule has 0 spiro atoms. The Labute approximate surface area is 102 Å². The van der Waals surface area contributed by atoms with Crippen molar-refractivity contribution in [3.05, 3.63) is 11.9 Å². The van der Waals surface area contributed by atoms with E-state index in [2.05, 4.69) is 15.3 Å². The highest BCUT2D eigenvalue weighted by atomic mass is 16.5. The van der Waals surface area contributed by atoms with Crippen molar-refractivity contribution in [2.45, 2.75) is 25.8 Å². The molecule has 0 atom stereocenters. The summed E-state index contributed by atoms with van der Waals surface area (Å²) in [4.78, 5) is 8.17. The molecule has 1 heterocycles. The maximum atomic E-state index is 5.21. The van der Waals surface area contributed by atoms with Crippen molar-refractivity contribution in [1.82, 2.24) is 15.3 Å². The SMILES string of the molecule is COc1ncnc(OC)c1CNCC1CCC1. The molecule has 0 aliphatic heterocycles. The van der Waals surface area contributed by atoms with Crippen LogP contribution in [-0.4, -0.2) is 30.7 Å². The van der Waals surface area contributed by atoms with Gasteiger partial charge in [-0.15, -0.1) is 0 Å². The van der Waals surface area contributed by atoms with E-state index >= 15 is 0 Å². The summed E-state index contributed by atoms with van der Waals surface area (Å²) in [6.45, 7) is 1.73. The third-order valence-electron chi connectivity index (χ3n) is 3.21. The quantitative estimate of drug-likeness (QED) is 0.810. The Balaban J connectivity index is 1.96. The second kappa shape index (κ2) is 5.82. The first-order valence-corrected chi connectivity index (χ1v) is 5.97. The zero-order valence-corrected chi connectivity index (χ0v) is 10.4. The van der Waals surface area contributed by atoms with Crippen molar-refractivity contribution in [2.75, 3.05) is 20.8 Å². The summed E-state index contributed by atoms with van der Waals surface area (Å²) in [6, 6.07) is 0. The van der Waals surface area contributed by atoms with E-state index in [1.807, 2.05) is 0 Å². The fourth-order valence-corrected chi connectivity index (χ4v) is 1.98. The highest BCUT2D eigenvalue weighted by molar-refractivity contribution is 5.34. The van der Waals surface area contributed by atoms with Gasteiger partial charge in [0.15, 0.2) is 0 Å². The predicted octanol–water partition coefficient (Wildman–Crippen LogP) is 1.38. The number of nitrogens with zero attached hydrogens (tertiary/aromatic N) is 2. The Hall–Kier alpha value is -1.36. The van der Waals surface area contributed by atoms with Crippen molar-refractivity contribution in [1.29, 1.82) is 0 Å². The molecule has 1 fully saturated rings. The lowest BCUT2D eigenvalue weighted by atomic mass is 9.85. The molecule has 0 amide bonds. The Morgan fingerprint density at radius 3 is 2.35 bits per heavy atom. The number of nitrogens with one attached hydrogen (secondary N) is 1. The van der Waals surface area contributed by atoms with Crippen LogP contribution in [0.4, 0.5) is 0 Å². The summed E-state index contributed by atoms with van der Waals surface area (Å²) in [7, 11) is 3.22. The van der Waals surface area contributed by atoms with E-state index in [1.165, 1.54) is 25.6 Å². The van der Waals surface area contributed by atoms with E-state index < -0.39 is 0 Å². The van der Waals surface area contributed by atoms with E-state index in [1.54, 1.807) is 14.2 Å². The van der Waals surface area contributed by atoms with Gasteiger partial charge in [0.1, 0.15) is 6.33 Å². The van der Waals surface area contributed by atoms with E-state index in [4.69, 9.17) is 9.47 Å². The molecule has 1 saturated carbocycles. The number of hydrogen-bond acceptors (Lipinski definition) is 5. The molecular weight excluding hydrogens is 218 g/mol. The Bertz CT molecular complexity index is 345. The van der Waals surface area contributed by atoms with Crippen LogP contribution in [0.5, 0.6) is 11.8 Å². The largest absolute Gasteiger partial charge is 0.481 e. The van der Waals surface area contributed by atoms with Crippen molar-refractivity contribution in [3.8, 4) is 11.8 Å². The first-order valence-electron chi connectivity index (χ1n) is 5.97. The van der Waals surface area contributed by atoms with Crippen molar-refractivity contribution in [3.63, 3.8) is 0 Å². The number of rotatable bonds is 6. The summed E-state index contributed by atoms with van der Waals surface area (Å²) in [5.41, 5.74) is 0.886. The maximum Gasteiger partial charge on any atom is 0.224 e. The van der Waals surface area contributed by atoms with Crippen molar-refractivity contribution < 1.29 is 9.47 Å². The van der Waals surface area contributed by atoms with Crippen LogP contribution < -0.4 is 14.8 Å².